The van der Waals surface area contributed by atoms with E-state index in [0.717, 1.165) is 21.7 Å². The first-order chi connectivity index (χ1) is 11.7. The zero-order valence-corrected chi connectivity index (χ0v) is 13.2. The first-order valence-corrected chi connectivity index (χ1v) is 7.66. The Bertz CT molecular complexity index is 1080. The molecule has 4 rings (SSSR count). The second kappa shape index (κ2) is 5.42. The van der Waals surface area contributed by atoms with Crippen LogP contribution in [0.5, 0.6) is 5.75 Å². The van der Waals surface area contributed by atoms with E-state index in [9.17, 15) is 4.79 Å². The smallest absolute Gasteiger partial charge is 0.209 e. The highest BCUT2D eigenvalue weighted by molar-refractivity contribution is 6.14. The van der Waals surface area contributed by atoms with E-state index in [2.05, 4.69) is 23.2 Å². The van der Waals surface area contributed by atoms with Gasteiger partial charge in [0.15, 0.2) is 0 Å². The van der Waals surface area contributed by atoms with Crippen molar-refractivity contribution in [3.05, 3.63) is 71.9 Å². The van der Waals surface area contributed by atoms with Gasteiger partial charge in [0, 0.05) is 16.5 Å². The van der Waals surface area contributed by atoms with Gasteiger partial charge in [-0.1, -0.05) is 30.3 Å². The number of rotatable bonds is 3. The number of aromatic nitrogens is 1. The highest BCUT2D eigenvalue weighted by Gasteiger charge is 2.15. The van der Waals surface area contributed by atoms with Gasteiger partial charge in [-0.15, -0.1) is 0 Å². The quantitative estimate of drug-likeness (QED) is 0.441. The van der Waals surface area contributed by atoms with Gasteiger partial charge >= 0.3 is 0 Å². The number of aromatic amines is 1. The molecule has 4 aromatic rings. The van der Waals surface area contributed by atoms with Crippen molar-refractivity contribution in [2.24, 2.45) is 0 Å². The third kappa shape index (κ3) is 2.20. The minimum atomic E-state index is -0.0893. The normalized spacial score (nSPS) is 11.0. The van der Waals surface area contributed by atoms with Crippen LogP contribution in [0.3, 0.4) is 0 Å². The van der Waals surface area contributed by atoms with Gasteiger partial charge in [0.1, 0.15) is 5.75 Å². The van der Waals surface area contributed by atoms with Crippen molar-refractivity contribution >= 4 is 33.1 Å². The molecular weight excluding hydrogens is 300 g/mol. The summed E-state index contributed by atoms with van der Waals surface area (Å²) in [6, 6.07) is 19.2. The van der Waals surface area contributed by atoms with Crippen molar-refractivity contribution in [1.82, 2.24) is 4.98 Å². The summed E-state index contributed by atoms with van der Waals surface area (Å²) in [7, 11) is 1.54. The zero-order chi connectivity index (χ0) is 16.7. The Labute approximate surface area is 138 Å². The number of ether oxygens (including phenoxy) is 1. The van der Waals surface area contributed by atoms with E-state index in [1.165, 1.54) is 7.11 Å². The summed E-state index contributed by atoms with van der Waals surface area (Å²) < 4.78 is 5.20. The Hall–Kier alpha value is -3.27. The molecule has 0 bridgehead atoms. The third-order valence-corrected chi connectivity index (χ3v) is 4.27. The number of carbonyl (C=O) groups is 1. The van der Waals surface area contributed by atoms with E-state index in [4.69, 9.17) is 10.5 Å². The largest absolute Gasteiger partial charge is 0.495 e. The minimum Gasteiger partial charge on any atom is -0.495 e. The van der Waals surface area contributed by atoms with Crippen molar-refractivity contribution in [2.45, 2.75) is 0 Å². The van der Waals surface area contributed by atoms with E-state index in [1.807, 2.05) is 24.3 Å². The Balaban J connectivity index is 1.84. The van der Waals surface area contributed by atoms with Gasteiger partial charge in [-0.05, 0) is 41.1 Å². The van der Waals surface area contributed by atoms with Crippen LogP contribution < -0.4 is 10.5 Å². The molecule has 24 heavy (non-hydrogen) atoms. The van der Waals surface area contributed by atoms with Crippen LogP contribution in [0.15, 0.2) is 60.7 Å². The molecule has 0 atom stereocenters. The third-order valence-electron chi connectivity index (χ3n) is 4.27. The number of carbonyl (C=O) groups excluding carboxylic acids is 1. The number of fused-ring (bicyclic) bond motifs is 3. The van der Waals surface area contributed by atoms with Crippen molar-refractivity contribution < 1.29 is 9.53 Å². The zero-order valence-electron chi connectivity index (χ0n) is 13.2. The number of ketones is 1. The van der Waals surface area contributed by atoms with Crippen LogP contribution in [0.4, 0.5) is 5.69 Å². The molecule has 4 heteroatoms. The van der Waals surface area contributed by atoms with Crippen molar-refractivity contribution in [2.75, 3.05) is 12.8 Å². The second-order valence-corrected chi connectivity index (χ2v) is 5.72. The SMILES string of the molecule is COc1cc(C(=O)c2cc3c(ccc4ccccc43)[nH]2)ccc1N. The number of anilines is 1. The molecule has 0 radical (unpaired) electrons. The summed E-state index contributed by atoms with van der Waals surface area (Å²) in [5.74, 6) is 0.413. The monoisotopic (exact) mass is 316 g/mol. The fourth-order valence-electron chi connectivity index (χ4n) is 3.02. The maximum Gasteiger partial charge on any atom is 0.209 e. The molecule has 118 valence electrons. The highest BCUT2D eigenvalue weighted by Crippen LogP contribution is 2.28. The van der Waals surface area contributed by atoms with Gasteiger partial charge < -0.3 is 15.5 Å². The fraction of sp³-hybridized carbons (Fsp3) is 0.0500. The molecule has 0 aliphatic heterocycles. The number of hydrogen-bond donors (Lipinski definition) is 2. The molecule has 1 heterocycles. The van der Waals surface area contributed by atoms with Gasteiger partial charge in [0.05, 0.1) is 18.5 Å². The summed E-state index contributed by atoms with van der Waals surface area (Å²) in [6.45, 7) is 0. The first-order valence-electron chi connectivity index (χ1n) is 7.66. The van der Waals surface area contributed by atoms with Crippen LogP contribution in [0.1, 0.15) is 16.1 Å². The van der Waals surface area contributed by atoms with Gasteiger partial charge in [0.25, 0.3) is 0 Å². The Morgan fingerprint density at radius 3 is 2.67 bits per heavy atom. The number of nitrogens with one attached hydrogen (secondary N) is 1. The lowest BCUT2D eigenvalue weighted by Gasteiger charge is -2.06. The van der Waals surface area contributed by atoms with Crippen LogP contribution >= 0.6 is 0 Å². The average Bonchev–Trinajstić information content (AvgIpc) is 3.06. The predicted molar refractivity (Wildman–Crippen MR) is 96.6 cm³/mol. The Morgan fingerprint density at radius 2 is 1.83 bits per heavy atom. The molecule has 0 spiro atoms. The van der Waals surface area contributed by atoms with Crippen LogP contribution in [0.2, 0.25) is 0 Å². The summed E-state index contributed by atoms with van der Waals surface area (Å²) >= 11 is 0. The maximum atomic E-state index is 12.8. The molecule has 0 aliphatic carbocycles. The van der Waals surface area contributed by atoms with Crippen LogP contribution in [0, 0.1) is 0 Å². The molecule has 0 saturated carbocycles. The molecule has 3 N–H and O–H groups in total. The van der Waals surface area contributed by atoms with E-state index in [0.29, 0.717) is 22.7 Å². The van der Waals surface area contributed by atoms with E-state index < -0.39 is 0 Å². The molecular formula is C20H16N2O2. The standard InChI is InChI=1S/C20H16N2O2/c1-24-19-10-13(6-8-16(19)21)20(23)18-11-15-14-5-3-2-4-12(14)7-9-17(15)22-18/h2-11,22H,21H2,1H3. The summed E-state index contributed by atoms with van der Waals surface area (Å²) in [5, 5.41) is 3.32. The van der Waals surface area contributed by atoms with Gasteiger partial charge in [-0.25, -0.2) is 0 Å². The number of methoxy groups -OCH3 is 1. The van der Waals surface area contributed by atoms with Crippen molar-refractivity contribution in [3.63, 3.8) is 0 Å². The lowest BCUT2D eigenvalue weighted by molar-refractivity contribution is 0.103. The van der Waals surface area contributed by atoms with E-state index in [-0.39, 0.29) is 5.78 Å². The van der Waals surface area contributed by atoms with Gasteiger partial charge in [0.2, 0.25) is 5.78 Å². The molecule has 0 fully saturated rings. The maximum absolute atomic E-state index is 12.8. The van der Waals surface area contributed by atoms with Gasteiger partial charge in [-0.2, -0.15) is 0 Å². The van der Waals surface area contributed by atoms with Gasteiger partial charge in [-0.3, -0.25) is 4.79 Å². The minimum absolute atomic E-state index is 0.0893. The van der Waals surface area contributed by atoms with Crippen molar-refractivity contribution in [3.8, 4) is 5.75 Å². The summed E-state index contributed by atoms with van der Waals surface area (Å²) in [6.07, 6.45) is 0. The average molecular weight is 316 g/mol. The molecule has 3 aromatic carbocycles. The number of nitrogen functional groups attached to an aromatic ring is 1. The number of H-pyrrole nitrogens is 1. The molecule has 0 aliphatic rings. The summed E-state index contributed by atoms with van der Waals surface area (Å²) in [5.41, 5.74) is 8.36. The van der Waals surface area contributed by atoms with Crippen LogP contribution in [-0.4, -0.2) is 17.9 Å². The molecule has 0 saturated heterocycles. The lowest BCUT2D eigenvalue weighted by atomic mass is 10.0. The fourth-order valence-corrected chi connectivity index (χ4v) is 3.02. The van der Waals surface area contributed by atoms with E-state index >= 15 is 0 Å². The van der Waals surface area contributed by atoms with Crippen molar-refractivity contribution in [1.29, 1.82) is 0 Å². The number of benzene rings is 3. The number of hydrogen-bond acceptors (Lipinski definition) is 3. The predicted octanol–water partition coefficient (Wildman–Crippen LogP) is 4.14. The Kier molecular flexibility index (Phi) is 3.24. The number of nitrogens with two attached hydrogens (primary N) is 1. The first kappa shape index (κ1) is 14.3. The van der Waals surface area contributed by atoms with E-state index in [1.54, 1.807) is 18.2 Å². The lowest BCUT2D eigenvalue weighted by Crippen LogP contribution is -2.03. The van der Waals surface area contributed by atoms with Crippen LogP contribution in [-0.2, 0) is 0 Å². The Morgan fingerprint density at radius 1 is 1.00 bits per heavy atom. The molecule has 0 amide bonds. The van der Waals surface area contributed by atoms with Crippen LogP contribution in [0.25, 0.3) is 21.7 Å². The molecule has 4 nitrogen and oxygen atoms in total. The highest BCUT2D eigenvalue weighted by atomic mass is 16.5. The molecule has 0 unspecified atom stereocenters. The second-order valence-electron chi connectivity index (χ2n) is 5.72. The topological polar surface area (TPSA) is 68.1 Å². The molecule has 1 aromatic heterocycles. The summed E-state index contributed by atoms with van der Waals surface area (Å²) in [4.78, 5) is 16.0.